The number of carbonyl (C=O) groups excluding carboxylic acids is 3. The third-order valence-corrected chi connectivity index (χ3v) is 12.3. The Morgan fingerprint density at radius 3 is 1.46 bits per heavy atom. The van der Waals surface area contributed by atoms with Crippen LogP contribution >= 0.6 is 0 Å². The Kier molecular flexibility index (Phi) is 29.0. The van der Waals surface area contributed by atoms with Crippen LogP contribution in [-0.2, 0) is 23.9 Å². The van der Waals surface area contributed by atoms with E-state index in [0.717, 1.165) is 77.3 Å². The summed E-state index contributed by atoms with van der Waals surface area (Å²) in [6.45, 7) is 11.1. The summed E-state index contributed by atoms with van der Waals surface area (Å²) in [5, 5.41) is 5.92. The highest BCUT2D eigenvalue weighted by atomic mass is 16.5. The fraction of sp³-hybridized carbons (Fsp3) is 0.854. The van der Waals surface area contributed by atoms with Crippen molar-refractivity contribution in [2.24, 2.45) is 5.41 Å². The minimum absolute atomic E-state index is 0.113. The van der Waals surface area contributed by atoms with Crippen molar-refractivity contribution < 1.29 is 23.9 Å². The molecule has 2 N–H and O–H groups in total. The summed E-state index contributed by atoms with van der Waals surface area (Å²) in [5.74, 6) is -0.261. The van der Waals surface area contributed by atoms with E-state index < -0.39 is 16.3 Å². The van der Waals surface area contributed by atoms with Crippen molar-refractivity contribution >= 4 is 29.2 Å². The van der Waals surface area contributed by atoms with Gasteiger partial charge in [-0.25, -0.2) is 0 Å². The predicted octanol–water partition coefficient (Wildman–Crippen LogP) is 9.94. The zero-order valence-electron chi connectivity index (χ0n) is 38.2. The van der Waals surface area contributed by atoms with E-state index in [1.165, 1.54) is 83.5 Å². The second-order valence-corrected chi connectivity index (χ2v) is 17.4. The SMILES string of the molecule is CCCCCCCCCCCC(=O)OCC1(COC(=O)CCCCCCCCCCC)CCN(C(=O)CCN(CCCCCC)CCCNc2c(NC)c(=O)c2=O)CC1. The van der Waals surface area contributed by atoms with E-state index in [9.17, 15) is 24.0 Å². The molecule has 0 bridgehead atoms. The lowest BCUT2D eigenvalue weighted by Gasteiger charge is -2.41. The van der Waals surface area contributed by atoms with E-state index in [0.29, 0.717) is 69.7 Å². The third kappa shape index (κ3) is 22.5. The van der Waals surface area contributed by atoms with Crippen molar-refractivity contribution in [3.05, 3.63) is 20.4 Å². The number of rotatable bonds is 38. The van der Waals surface area contributed by atoms with E-state index in [2.05, 4.69) is 36.3 Å². The van der Waals surface area contributed by atoms with Crippen LogP contribution in [0.5, 0.6) is 0 Å². The van der Waals surface area contributed by atoms with Gasteiger partial charge in [-0.05, 0) is 51.6 Å². The Hall–Kier alpha value is -2.95. The van der Waals surface area contributed by atoms with Gasteiger partial charge in [0.1, 0.15) is 24.6 Å². The first-order chi connectivity index (χ1) is 28.7. The normalized spacial score (nSPS) is 13.9. The van der Waals surface area contributed by atoms with E-state index in [1.54, 1.807) is 7.05 Å². The van der Waals surface area contributed by atoms with E-state index >= 15 is 0 Å². The molecule has 0 aliphatic carbocycles. The Bertz CT molecular complexity index is 1300. The summed E-state index contributed by atoms with van der Waals surface area (Å²) in [6, 6.07) is 0. The first-order valence-electron chi connectivity index (χ1n) is 24.3. The summed E-state index contributed by atoms with van der Waals surface area (Å²) in [5.41, 5.74) is -0.724. The van der Waals surface area contributed by atoms with Crippen LogP contribution in [0, 0.1) is 5.41 Å². The highest BCUT2D eigenvalue weighted by Gasteiger charge is 2.38. The maximum atomic E-state index is 13.6. The Morgan fingerprint density at radius 1 is 0.559 bits per heavy atom. The summed E-state index contributed by atoms with van der Waals surface area (Å²) in [4.78, 5) is 67.3. The van der Waals surface area contributed by atoms with Gasteiger partial charge in [-0.15, -0.1) is 0 Å². The van der Waals surface area contributed by atoms with E-state index in [1.807, 2.05) is 4.90 Å². The Morgan fingerprint density at radius 2 is 0.983 bits per heavy atom. The number of nitrogens with zero attached hydrogens (tertiary/aromatic N) is 2. The van der Waals surface area contributed by atoms with Gasteiger partial charge in [0.05, 0.1) is 0 Å². The van der Waals surface area contributed by atoms with Crippen LogP contribution in [-0.4, -0.2) is 87.2 Å². The number of unbranched alkanes of at least 4 members (excludes halogenated alkanes) is 19. The molecule has 1 aromatic rings. The maximum absolute atomic E-state index is 13.6. The van der Waals surface area contributed by atoms with Crippen LogP contribution in [0.15, 0.2) is 9.59 Å². The highest BCUT2D eigenvalue weighted by Crippen LogP contribution is 2.33. The molecule has 11 nitrogen and oxygen atoms in total. The minimum atomic E-state index is -0.494. The highest BCUT2D eigenvalue weighted by molar-refractivity contribution is 5.76. The third-order valence-electron chi connectivity index (χ3n) is 12.3. The van der Waals surface area contributed by atoms with Crippen molar-refractivity contribution in [2.75, 3.05) is 70.2 Å². The molecule has 1 heterocycles. The molecular formula is C48H86N4O7. The van der Waals surface area contributed by atoms with Crippen molar-refractivity contribution in [3.8, 4) is 0 Å². The molecule has 0 aromatic heterocycles. The average Bonchev–Trinajstić information content (AvgIpc) is 3.25. The molecule has 0 saturated carbocycles. The quantitative estimate of drug-likeness (QED) is 0.0377. The molecule has 0 atom stereocenters. The van der Waals surface area contributed by atoms with Gasteiger partial charge in [-0.1, -0.05) is 143 Å². The van der Waals surface area contributed by atoms with Gasteiger partial charge in [0, 0.05) is 57.9 Å². The van der Waals surface area contributed by atoms with Gasteiger partial charge in [0.15, 0.2) is 0 Å². The van der Waals surface area contributed by atoms with E-state index in [4.69, 9.17) is 9.47 Å². The lowest BCUT2D eigenvalue weighted by Crippen LogP contribution is -2.48. The zero-order chi connectivity index (χ0) is 43.0. The molecule has 0 radical (unpaired) electrons. The van der Waals surface area contributed by atoms with Crippen molar-refractivity contribution in [3.63, 3.8) is 0 Å². The zero-order valence-corrected chi connectivity index (χ0v) is 38.2. The topological polar surface area (TPSA) is 134 Å². The number of anilines is 2. The molecule has 1 saturated heterocycles. The van der Waals surface area contributed by atoms with Crippen LogP contribution in [0.2, 0.25) is 0 Å². The average molecular weight is 831 g/mol. The number of ether oxygens (including phenoxy) is 2. The number of piperidine rings is 1. The minimum Gasteiger partial charge on any atom is -0.465 e. The second-order valence-electron chi connectivity index (χ2n) is 17.4. The van der Waals surface area contributed by atoms with Gasteiger partial charge in [-0.2, -0.15) is 0 Å². The lowest BCUT2D eigenvalue weighted by atomic mass is 9.79. The largest absolute Gasteiger partial charge is 0.465 e. The van der Waals surface area contributed by atoms with Crippen LogP contribution in [0.3, 0.4) is 0 Å². The van der Waals surface area contributed by atoms with Crippen LogP contribution in [0.25, 0.3) is 0 Å². The molecule has 11 heteroatoms. The van der Waals surface area contributed by atoms with Gasteiger partial charge in [0.2, 0.25) is 5.91 Å². The Labute approximate surface area is 358 Å². The molecule has 1 fully saturated rings. The first-order valence-corrected chi connectivity index (χ1v) is 24.3. The summed E-state index contributed by atoms with van der Waals surface area (Å²) < 4.78 is 11.8. The molecule has 2 rings (SSSR count). The maximum Gasteiger partial charge on any atom is 0.305 e. The lowest BCUT2D eigenvalue weighted by molar-refractivity contribution is -0.158. The summed E-state index contributed by atoms with van der Waals surface area (Å²) in [7, 11) is 1.64. The van der Waals surface area contributed by atoms with Crippen molar-refractivity contribution in [1.29, 1.82) is 0 Å². The molecule has 340 valence electrons. The molecule has 1 aliphatic heterocycles. The summed E-state index contributed by atoms with van der Waals surface area (Å²) in [6.07, 6.45) is 29.2. The first kappa shape index (κ1) is 52.2. The molecule has 59 heavy (non-hydrogen) atoms. The number of hydrogen-bond acceptors (Lipinski definition) is 10. The molecule has 1 amide bonds. The van der Waals surface area contributed by atoms with Crippen molar-refractivity contribution in [2.45, 2.75) is 201 Å². The van der Waals surface area contributed by atoms with Gasteiger partial charge in [0.25, 0.3) is 10.9 Å². The van der Waals surface area contributed by atoms with Gasteiger partial charge < -0.3 is 29.9 Å². The standard InChI is InChI=1S/C48H86N4O7/c1-5-8-11-14-16-18-20-22-24-28-42(54)58-39-48(40-59-43(55)29-25-23-21-19-17-15-12-9-6-2)31-37-52(38-32-48)41(53)30-36-51(34-26-13-10-7-3)35-27-33-50-45-44(49-4)46(56)47(45)57/h49-50H,5-40H2,1-4H3. The Balaban J connectivity index is 1.87. The summed E-state index contributed by atoms with van der Waals surface area (Å²) >= 11 is 0. The number of likely N-dealkylation sites (tertiary alicyclic amines) is 1. The number of esters is 2. The van der Waals surface area contributed by atoms with Crippen LogP contribution in [0.4, 0.5) is 11.4 Å². The van der Waals surface area contributed by atoms with Gasteiger partial charge >= 0.3 is 11.9 Å². The monoisotopic (exact) mass is 831 g/mol. The van der Waals surface area contributed by atoms with Crippen LogP contribution < -0.4 is 21.5 Å². The van der Waals surface area contributed by atoms with E-state index in [-0.39, 0.29) is 31.1 Å². The van der Waals surface area contributed by atoms with Crippen molar-refractivity contribution in [1.82, 2.24) is 9.80 Å². The number of hydrogen-bond donors (Lipinski definition) is 2. The fourth-order valence-electron chi connectivity index (χ4n) is 8.16. The predicted molar refractivity (Wildman–Crippen MR) is 243 cm³/mol. The number of carbonyl (C=O) groups is 3. The molecule has 1 aliphatic rings. The second kappa shape index (κ2) is 32.8. The fourth-order valence-corrected chi connectivity index (χ4v) is 8.16. The van der Waals surface area contributed by atoms with Gasteiger partial charge in [-0.3, -0.25) is 24.0 Å². The molecule has 1 aromatic carbocycles. The smallest absolute Gasteiger partial charge is 0.305 e. The van der Waals surface area contributed by atoms with Crippen LogP contribution in [0.1, 0.15) is 201 Å². The number of amides is 1. The number of nitrogens with one attached hydrogen (secondary N) is 2. The molecule has 0 spiro atoms. The molecular weight excluding hydrogens is 745 g/mol. The molecule has 0 unspecified atom stereocenters.